The number of terminal acetylenes is 1. The third-order valence-corrected chi connectivity index (χ3v) is 3.72. The number of ether oxygens (including phenoxy) is 3. The molecule has 1 aromatic carbocycles. The zero-order chi connectivity index (χ0) is 19.3. The highest BCUT2D eigenvalue weighted by Crippen LogP contribution is 2.17. The summed E-state index contributed by atoms with van der Waals surface area (Å²) in [5.41, 5.74) is -1.97. The Bertz CT molecular complexity index is 946. The molecule has 0 unspecified atom stereocenters. The minimum Gasteiger partial charge on any atom is -0.497 e. The minimum atomic E-state index is -1.94. The summed E-state index contributed by atoms with van der Waals surface area (Å²) >= 11 is 0. The van der Waals surface area contributed by atoms with Gasteiger partial charge in [0.15, 0.2) is 0 Å². The van der Waals surface area contributed by atoms with Crippen LogP contribution < -0.4 is 15.6 Å². The van der Waals surface area contributed by atoms with Crippen molar-refractivity contribution in [2.24, 2.45) is 0 Å². The van der Waals surface area contributed by atoms with Crippen LogP contribution in [0.5, 0.6) is 5.75 Å². The number of amides is 1. The van der Waals surface area contributed by atoms with E-state index in [0.29, 0.717) is 11.3 Å². The normalized spacial score (nSPS) is 12.5. The molecule has 0 aliphatic rings. The lowest BCUT2D eigenvalue weighted by Gasteiger charge is -2.26. The number of aromatic nitrogens is 2. The number of alkyl carbamates (subject to hydrolysis) is 1. The monoisotopic (exact) mass is 359 g/mol. The lowest BCUT2D eigenvalue weighted by molar-refractivity contribution is -0.146. The van der Waals surface area contributed by atoms with Gasteiger partial charge < -0.3 is 14.2 Å². The van der Waals surface area contributed by atoms with Crippen LogP contribution in [0.4, 0.5) is 4.79 Å². The highest BCUT2D eigenvalue weighted by atomic mass is 16.5. The Morgan fingerprint density at radius 3 is 2.62 bits per heavy atom. The molecule has 0 saturated heterocycles. The largest absolute Gasteiger partial charge is 0.497 e. The molecule has 1 heterocycles. The Labute approximate surface area is 148 Å². The average Bonchev–Trinajstić information content (AvgIpc) is 2.68. The van der Waals surface area contributed by atoms with Gasteiger partial charge in [-0.1, -0.05) is 5.92 Å². The first-order valence-electron chi connectivity index (χ1n) is 7.36. The van der Waals surface area contributed by atoms with Crippen LogP contribution in [0, 0.1) is 12.3 Å². The summed E-state index contributed by atoms with van der Waals surface area (Å²) in [6.45, 7) is -0.399. The second kappa shape index (κ2) is 7.57. The minimum absolute atomic E-state index is 0.265. The van der Waals surface area contributed by atoms with Crippen molar-refractivity contribution in [3.63, 3.8) is 0 Å². The zero-order valence-electron chi connectivity index (χ0n) is 14.4. The molecule has 1 N–H and O–H groups in total. The summed E-state index contributed by atoms with van der Waals surface area (Å²) < 4.78 is 15.4. The van der Waals surface area contributed by atoms with Gasteiger partial charge in [-0.25, -0.2) is 14.6 Å². The summed E-state index contributed by atoms with van der Waals surface area (Å²) in [6.07, 6.45) is 5.75. The number of esters is 1. The quantitative estimate of drug-likeness (QED) is 0.604. The molecule has 2 aromatic rings. The van der Waals surface area contributed by atoms with Gasteiger partial charge in [0.2, 0.25) is 5.54 Å². The Morgan fingerprint density at radius 2 is 2.04 bits per heavy atom. The summed E-state index contributed by atoms with van der Waals surface area (Å²) in [4.78, 5) is 40.7. The van der Waals surface area contributed by atoms with Crippen LogP contribution in [-0.2, 0) is 20.8 Å². The Morgan fingerprint density at radius 1 is 1.31 bits per heavy atom. The predicted octanol–water partition coefficient (Wildman–Crippen LogP) is 0.306. The van der Waals surface area contributed by atoms with Gasteiger partial charge in [-0.3, -0.25) is 14.7 Å². The van der Waals surface area contributed by atoms with E-state index in [4.69, 9.17) is 11.2 Å². The molecular formula is C17H17N3O6. The van der Waals surface area contributed by atoms with Crippen molar-refractivity contribution >= 4 is 23.0 Å². The van der Waals surface area contributed by atoms with Crippen LogP contribution in [0.25, 0.3) is 10.9 Å². The predicted molar refractivity (Wildman–Crippen MR) is 91.7 cm³/mol. The van der Waals surface area contributed by atoms with Crippen molar-refractivity contribution in [2.45, 2.75) is 12.1 Å². The van der Waals surface area contributed by atoms with Crippen LogP contribution in [-0.4, -0.2) is 48.5 Å². The summed E-state index contributed by atoms with van der Waals surface area (Å²) in [6, 6.07) is 4.81. The van der Waals surface area contributed by atoms with E-state index in [1.54, 1.807) is 12.1 Å². The average molecular weight is 359 g/mol. The van der Waals surface area contributed by atoms with Gasteiger partial charge >= 0.3 is 12.1 Å². The lowest BCUT2D eigenvalue weighted by atomic mass is 10.0. The number of benzene rings is 1. The van der Waals surface area contributed by atoms with E-state index in [2.05, 4.69) is 25.7 Å². The van der Waals surface area contributed by atoms with Gasteiger partial charge in [0, 0.05) is 0 Å². The first-order valence-corrected chi connectivity index (χ1v) is 7.36. The van der Waals surface area contributed by atoms with E-state index in [1.165, 1.54) is 19.5 Å². The summed E-state index contributed by atoms with van der Waals surface area (Å²) in [5.74, 6) is 1.72. The molecule has 26 heavy (non-hydrogen) atoms. The SMILES string of the molecule is C#C[C@@](Cn1cnc2ccc(OC)cc2c1=O)(NC(=O)OC)C(=O)OC. The van der Waals surface area contributed by atoms with Gasteiger partial charge in [0.05, 0.1) is 45.1 Å². The molecule has 136 valence electrons. The van der Waals surface area contributed by atoms with Gasteiger partial charge in [-0.05, 0) is 18.2 Å². The van der Waals surface area contributed by atoms with Gasteiger partial charge in [0.1, 0.15) is 5.75 Å². The fraction of sp³-hybridized carbons (Fsp3) is 0.294. The molecule has 2 rings (SSSR count). The molecule has 1 amide bonds. The lowest BCUT2D eigenvalue weighted by Crippen LogP contribution is -2.57. The van der Waals surface area contributed by atoms with Crippen LogP contribution in [0.1, 0.15) is 0 Å². The number of carbonyl (C=O) groups excluding carboxylic acids is 2. The smallest absolute Gasteiger partial charge is 0.408 e. The molecule has 1 aromatic heterocycles. The highest BCUT2D eigenvalue weighted by molar-refractivity contribution is 5.89. The molecule has 0 fully saturated rings. The number of hydrogen-bond acceptors (Lipinski definition) is 7. The van der Waals surface area contributed by atoms with Gasteiger partial charge in [-0.2, -0.15) is 0 Å². The number of fused-ring (bicyclic) bond motifs is 1. The molecule has 0 bridgehead atoms. The molecule has 0 aliphatic carbocycles. The van der Waals surface area contributed by atoms with E-state index in [1.807, 2.05) is 0 Å². The molecule has 0 spiro atoms. The number of methoxy groups -OCH3 is 3. The molecule has 0 saturated carbocycles. The second-order valence-corrected chi connectivity index (χ2v) is 5.22. The van der Waals surface area contributed by atoms with Crippen molar-refractivity contribution in [3.8, 4) is 18.1 Å². The van der Waals surface area contributed by atoms with E-state index in [-0.39, 0.29) is 5.39 Å². The molecule has 0 radical (unpaired) electrons. The fourth-order valence-electron chi connectivity index (χ4n) is 2.33. The number of carbonyl (C=O) groups is 2. The number of nitrogens with zero attached hydrogens (tertiary/aromatic N) is 2. The van der Waals surface area contributed by atoms with Crippen LogP contribution in [0.15, 0.2) is 29.3 Å². The fourth-order valence-corrected chi connectivity index (χ4v) is 2.33. The molecule has 1 atom stereocenters. The highest BCUT2D eigenvalue weighted by Gasteiger charge is 2.41. The van der Waals surface area contributed by atoms with Crippen molar-refractivity contribution in [1.29, 1.82) is 0 Å². The maximum Gasteiger partial charge on any atom is 0.408 e. The first kappa shape index (κ1) is 18.8. The number of hydrogen-bond donors (Lipinski definition) is 1. The van der Waals surface area contributed by atoms with Crippen molar-refractivity contribution in [2.75, 3.05) is 21.3 Å². The zero-order valence-corrected chi connectivity index (χ0v) is 14.4. The maximum atomic E-state index is 12.8. The van der Waals surface area contributed by atoms with E-state index in [0.717, 1.165) is 18.8 Å². The first-order chi connectivity index (χ1) is 12.4. The Kier molecular flexibility index (Phi) is 5.47. The number of nitrogens with one attached hydrogen (secondary N) is 1. The number of rotatable bonds is 5. The van der Waals surface area contributed by atoms with Crippen LogP contribution >= 0.6 is 0 Å². The van der Waals surface area contributed by atoms with Crippen LogP contribution in [0.3, 0.4) is 0 Å². The maximum absolute atomic E-state index is 12.8. The Hall–Kier alpha value is -3.54. The van der Waals surface area contributed by atoms with Gasteiger partial charge in [0.25, 0.3) is 5.56 Å². The Balaban J connectivity index is 2.56. The van der Waals surface area contributed by atoms with E-state index >= 15 is 0 Å². The van der Waals surface area contributed by atoms with E-state index in [9.17, 15) is 14.4 Å². The summed E-state index contributed by atoms with van der Waals surface area (Å²) in [7, 11) is 3.69. The van der Waals surface area contributed by atoms with E-state index < -0.39 is 29.7 Å². The third kappa shape index (κ3) is 3.44. The molecule has 9 nitrogen and oxygen atoms in total. The topological polar surface area (TPSA) is 109 Å². The van der Waals surface area contributed by atoms with Crippen molar-refractivity contribution in [1.82, 2.24) is 14.9 Å². The molecular weight excluding hydrogens is 342 g/mol. The summed E-state index contributed by atoms with van der Waals surface area (Å²) in [5, 5.41) is 2.51. The van der Waals surface area contributed by atoms with Crippen molar-refractivity contribution in [3.05, 3.63) is 34.9 Å². The third-order valence-electron chi connectivity index (χ3n) is 3.72. The van der Waals surface area contributed by atoms with Crippen LogP contribution in [0.2, 0.25) is 0 Å². The van der Waals surface area contributed by atoms with Gasteiger partial charge in [-0.15, -0.1) is 6.42 Å². The molecule has 9 heteroatoms. The molecule has 0 aliphatic heterocycles. The second-order valence-electron chi connectivity index (χ2n) is 5.22. The standard InChI is InChI=1S/C17H17N3O6/c1-5-17(15(22)25-3,19-16(23)26-4)9-20-10-18-13-7-6-11(24-2)8-12(13)14(20)21/h1,6-8,10H,9H2,2-4H3,(H,19,23)/t17-/m0/s1. The van der Waals surface area contributed by atoms with Crippen molar-refractivity contribution < 1.29 is 23.8 Å².